The summed E-state index contributed by atoms with van der Waals surface area (Å²) in [5, 5.41) is 8.93. The minimum atomic E-state index is -1.33. The molecule has 0 spiro atoms. The van der Waals surface area contributed by atoms with Crippen LogP contribution in [0.15, 0.2) is 51.8 Å². The fraction of sp³-hybridized carbons (Fsp3) is 0.455. The van der Waals surface area contributed by atoms with E-state index in [4.69, 9.17) is 10.2 Å². The number of hydrogen-bond acceptors (Lipinski definition) is 7. The maximum Gasteiger partial charge on any atom is 0.287 e. The number of pyridine rings is 1. The number of Topliss-reactive ketones (excluding diaryl/α,β-unsaturated/α-hetero) is 1. The lowest BCUT2D eigenvalue weighted by Crippen LogP contribution is -2.48. The lowest BCUT2D eigenvalue weighted by molar-refractivity contribution is -0.136. The van der Waals surface area contributed by atoms with E-state index in [1.807, 2.05) is 0 Å². The number of amides is 4. The number of ketones is 1. The molecular weight excluding hydrogens is 578 g/mol. The molecule has 5 N–H and O–H groups in total. The predicted octanol–water partition coefficient (Wildman–Crippen LogP) is 2.81. The third kappa shape index (κ3) is 5.88. The monoisotopic (exact) mass is 617 g/mol. The molecule has 0 aliphatic heterocycles. The van der Waals surface area contributed by atoms with E-state index in [1.165, 1.54) is 22.9 Å². The third-order valence-corrected chi connectivity index (χ3v) is 10.3. The van der Waals surface area contributed by atoms with Crippen molar-refractivity contribution in [1.29, 1.82) is 0 Å². The van der Waals surface area contributed by atoms with Gasteiger partial charge in [0.2, 0.25) is 17.6 Å². The number of aromatic nitrogens is 1. The van der Waals surface area contributed by atoms with Gasteiger partial charge in [-0.25, -0.2) is 0 Å². The lowest BCUT2D eigenvalue weighted by Gasteiger charge is -2.39. The largest absolute Gasteiger partial charge is 0.451 e. The molecule has 2 fully saturated rings. The van der Waals surface area contributed by atoms with Crippen LogP contribution in [0.1, 0.15) is 69.0 Å². The SMILES string of the molecule is Cc1c(C(=O)N[C@@H](CCC(=O)C(N)=O)C(=O)Nc2cccn(CC(=O)N[C@H]3C[C@H]4CC[C@]3(C)C4(C)C)c2=O)oc2ccccc12. The fourth-order valence-corrected chi connectivity index (χ4v) is 7.08. The maximum absolute atomic E-state index is 13.4. The van der Waals surface area contributed by atoms with E-state index < -0.39 is 41.5 Å². The van der Waals surface area contributed by atoms with E-state index in [9.17, 15) is 28.8 Å². The average Bonchev–Trinajstić information content (AvgIpc) is 3.51. The molecule has 3 aromatic rings. The van der Waals surface area contributed by atoms with Crippen molar-refractivity contribution in [3.05, 3.63) is 64.3 Å². The van der Waals surface area contributed by atoms with Crippen LogP contribution in [0.25, 0.3) is 11.0 Å². The van der Waals surface area contributed by atoms with Crippen molar-refractivity contribution in [3.63, 3.8) is 0 Å². The van der Waals surface area contributed by atoms with Gasteiger partial charge in [0.05, 0.1) is 0 Å². The first-order valence-electron chi connectivity index (χ1n) is 15.1. The van der Waals surface area contributed by atoms with E-state index in [2.05, 4.69) is 36.7 Å². The zero-order valence-electron chi connectivity index (χ0n) is 25.9. The van der Waals surface area contributed by atoms with Crippen molar-refractivity contribution in [1.82, 2.24) is 15.2 Å². The molecule has 12 heteroatoms. The maximum atomic E-state index is 13.4. The Kier molecular flexibility index (Phi) is 8.43. The Morgan fingerprint density at radius 3 is 2.47 bits per heavy atom. The highest BCUT2D eigenvalue weighted by Crippen LogP contribution is 2.65. The standard InChI is InChI=1S/C33H39N5O7/c1-18-20-8-5-6-10-24(20)45-27(18)30(43)35-21(11-12-23(39)28(34)41)29(42)36-22-9-7-15-38(31(22)44)17-26(40)37-25-16-19-13-14-33(25,4)32(19,2)3/h5-10,15,19,21,25H,11-14,16-17H2,1-4H3,(H2,34,41)(H,35,43)(H,36,42)(H,37,40)/t19-,21+,25+,33+/m1/s1. The number of carbonyl (C=O) groups is 5. The number of primary amides is 1. The minimum Gasteiger partial charge on any atom is -0.451 e. The second-order valence-electron chi connectivity index (χ2n) is 13.0. The molecule has 2 heterocycles. The van der Waals surface area contributed by atoms with Gasteiger partial charge in [-0.15, -0.1) is 0 Å². The van der Waals surface area contributed by atoms with Crippen LogP contribution >= 0.6 is 0 Å². The molecule has 2 saturated carbocycles. The van der Waals surface area contributed by atoms with Crippen molar-refractivity contribution in [2.75, 3.05) is 5.32 Å². The van der Waals surface area contributed by atoms with Gasteiger partial charge in [-0.2, -0.15) is 0 Å². The van der Waals surface area contributed by atoms with Crippen molar-refractivity contribution < 1.29 is 28.4 Å². The van der Waals surface area contributed by atoms with Crippen LogP contribution in [0.5, 0.6) is 0 Å². The molecule has 4 atom stereocenters. The molecule has 238 valence electrons. The second-order valence-corrected chi connectivity index (χ2v) is 13.0. The van der Waals surface area contributed by atoms with Gasteiger partial charge >= 0.3 is 0 Å². The van der Waals surface area contributed by atoms with E-state index in [-0.39, 0.29) is 47.2 Å². The van der Waals surface area contributed by atoms with Crippen molar-refractivity contribution in [2.45, 2.75) is 78.4 Å². The van der Waals surface area contributed by atoms with Gasteiger partial charge in [-0.3, -0.25) is 28.8 Å². The number of rotatable bonds is 11. The lowest BCUT2D eigenvalue weighted by atomic mass is 9.69. The number of anilines is 1. The number of furan rings is 1. The first-order valence-corrected chi connectivity index (χ1v) is 15.1. The molecule has 0 unspecified atom stereocenters. The Balaban J connectivity index is 1.29. The quantitative estimate of drug-likeness (QED) is 0.239. The topological polar surface area (TPSA) is 183 Å². The number of nitrogens with zero attached hydrogens (tertiary/aromatic N) is 1. The highest BCUT2D eigenvalue weighted by molar-refractivity contribution is 6.35. The van der Waals surface area contributed by atoms with E-state index in [0.29, 0.717) is 17.1 Å². The molecule has 12 nitrogen and oxygen atoms in total. The Labute approximate surface area is 260 Å². The minimum absolute atomic E-state index is 0.0141. The first kappa shape index (κ1) is 31.7. The highest BCUT2D eigenvalue weighted by Gasteiger charge is 2.61. The van der Waals surface area contributed by atoms with Crippen LogP contribution in [-0.4, -0.2) is 46.1 Å². The number of aryl methyl sites for hydroxylation is 1. The fourth-order valence-electron chi connectivity index (χ4n) is 7.08. The third-order valence-electron chi connectivity index (χ3n) is 10.3. The number of para-hydroxylation sites is 1. The Morgan fingerprint density at radius 2 is 1.82 bits per heavy atom. The summed E-state index contributed by atoms with van der Waals surface area (Å²) in [7, 11) is 0. The summed E-state index contributed by atoms with van der Waals surface area (Å²) in [5.74, 6) is -3.37. The Morgan fingerprint density at radius 1 is 1.09 bits per heavy atom. The van der Waals surface area contributed by atoms with Crippen molar-refractivity contribution in [3.8, 4) is 0 Å². The molecule has 2 bridgehead atoms. The van der Waals surface area contributed by atoms with E-state index in [1.54, 1.807) is 31.2 Å². The van der Waals surface area contributed by atoms with Crippen LogP contribution in [0, 0.1) is 23.7 Å². The van der Waals surface area contributed by atoms with Crippen molar-refractivity contribution in [2.24, 2.45) is 22.5 Å². The van der Waals surface area contributed by atoms with E-state index in [0.717, 1.165) is 24.6 Å². The van der Waals surface area contributed by atoms with Crippen molar-refractivity contribution >= 4 is 46.1 Å². The summed E-state index contributed by atoms with van der Waals surface area (Å²) in [6.07, 6.45) is 3.87. The van der Waals surface area contributed by atoms with Crippen LogP contribution in [0.4, 0.5) is 5.69 Å². The smallest absolute Gasteiger partial charge is 0.287 e. The second kappa shape index (κ2) is 12.0. The van der Waals surface area contributed by atoms with E-state index >= 15 is 0 Å². The van der Waals surface area contributed by atoms with Gasteiger partial charge in [0, 0.05) is 29.6 Å². The Hall–Kier alpha value is -4.74. The molecule has 0 radical (unpaired) electrons. The van der Waals surface area contributed by atoms with Crippen LogP contribution in [0.2, 0.25) is 0 Å². The summed E-state index contributed by atoms with van der Waals surface area (Å²) < 4.78 is 6.90. The summed E-state index contributed by atoms with van der Waals surface area (Å²) in [6, 6.07) is 8.64. The van der Waals surface area contributed by atoms with Gasteiger partial charge in [0.1, 0.15) is 23.9 Å². The molecule has 5 rings (SSSR count). The molecule has 2 aliphatic rings. The summed E-state index contributed by atoms with van der Waals surface area (Å²) >= 11 is 0. The average molecular weight is 618 g/mol. The van der Waals surface area contributed by atoms with Gasteiger partial charge in [0.25, 0.3) is 17.4 Å². The highest BCUT2D eigenvalue weighted by atomic mass is 16.3. The zero-order chi connectivity index (χ0) is 32.7. The number of hydrogen-bond donors (Lipinski definition) is 4. The molecule has 2 aliphatic carbocycles. The molecule has 1 aromatic carbocycles. The van der Waals surface area contributed by atoms with Gasteiger partial charge in [0.15, 0.2) is 5.76 Å². The van der Waals surface area contributed by atoms with Crippen LogP contribution in [-0.2, 0) is 25.7 Å². The summed E-state index contributed by atoms with van der Waals surface area (Å²) in [6.45, 7) is 8.19. The van der Waals surface area contributed by atoms with Gasteiger partial charge in [-0.1, -0.05) is 39.0 Å². The van der Waals surface area contributed by atoms with Crippen LogP contribution < -0.4 is 27.2 Å². The zero-order valence-corrected chi connectivity index (χ0v) is 25.9. The molecule has 45 heavy (non-hydrogen) atoms. The predicted molar refractivity (Wildman–Crippen MR) is 166 cm³/mol. The normalized spacial score (nSPS) is 22.1. The molecule has 4 amide bonds. The first-order chi connectivity index (χ1) is 21.2. The number of carbonyl (C=O) groups excluding carboxylic acids is 5. The summed E-state index contributed by atoms with van der Waals surface area (Å²) in [4.78, 5) is 76.2. The Bertz CT molecular complexity index is 1760. The summed E-state index contributed by atoms with van der Waals surface area (Å²) in [5.41, 5.74) is 5.47. The van der Waals surface area contributed by atoms with Gasteiger partial charge in [-0.05, 0) is 67.6 Å². The number of nitrogens with one attached hydrogen (secondary N) is 3. The number of benzene rings is 1. The molecule has 2 aromatic heterocycles. The number of nitrogens with two attached hydrogens (primary N) is 1. The number of fused-ring (bicyclic) bond motifs is 3. The van der Waals surface area contributed by atoms with Crippen LogP contribution in [0.3, 0.4) is 0 Å². The molecule has 0 saturated heterocycles. The molecular formula is C33H39N5O7. The van der Waals surface area contributed by atoms with Gasteiger partial charge < -0.3 is 30.7 Å².